The zero-order valence-electron chi connectivity index (χ0n) is 4.32. The molecule has 0 aromatic heterocycles. The minimum Gasteiger partial charge on any atom is -0.302 e. The fourth-order valence-corrected chi connectivity index (χ4v) is 1.46. The van der Waals surface area contributed by atoms with Gasteiger partial charge in [-0.15, -0.1) is 0 Å². The summed E-state index contributed by atoms with van der Waals surface area (Å²) in [4.78, 5) is 0.743. The number of nitrogens with one attached hydrogen (secondary N) is 2. The van der Waals surface area contributed by atoms with Crippen LogP contribution < -0.4 is 10.6 Å². The van der Waals surface area contributed by atoms with Crippen molar-refractivity contribution in [2.24, 2.45) is 0 Å². The molecule has 1 fully saturated rings. The van der Waals surface area contributed by atoms with Crippen LogP contribution in [-0.2, 0) is 0 Å². The Morgan fingerprint density at radius 1 is 1.00 bits per heavy atom. The minimum atomic E-state index is 0.372. The van der Waals surface area contributed by atoms with Gasteiger partial charge in [-0.3, -0.25) is 0 Å². The Morgan fingerprint density at radius 2 is 1.38 bits per heavy atom. The highest BCUT2D eigenvalue weighted by molar-refractivity contribution is 9.12. The zero-order valence-corrected chi connectivity index (χ0v) is 7.50. The van der Waals surface area contributed by atoms with E-state index in [1.165, 1.54) is 0 Å². The van der Waals surface area contributed by atoms with Gasteiger partial charge in [-0.05, 0) is 0 Å². The van der Waals surface area contributed by atoms with Gasteiger partial charge in [0.25, 0.3) is 0 Å². The van der Waals surface area contributed by atoms with Gasteiger partial charge in [0.1, 0.15) is 0 Å². The highest BCUT2D eigenvalue weighted by Gasteiger charge is 2.17. The Kier molecular flexibility index (Phi) is 2.75. The number of alkyl halides is 2. The molecule has 1 saturated heterocycles. The van der Waals surface area contributed by atoms with Crippen LogP contribution in [0.4, 0.5) is 0 Å². The van der Waals surface area contributed by atoms with Gasteiger partial charge < -0.3 is 10.6 Å². The molecule has 1 aliphatic heterocycles. The van der Waals surface area contributed by atoms with E-state index in [0.717, 1.165) is 13.1 Å². The molecule has 0 radical (unpaired) electrons. The molecule has 0 spiro atoms. The van der Waals surface area contributed by atoms with E-state index in [0.29, 0.717) is 9.90 Å². The highest BCUT2D eigenvalue weighted by atomic mass is 79.9. The molecule has 1 rings (SSSR count). The first kappa shape index (κ1) is 6.99. The van der Waals surface area contributed by atoms with Crippen molar-refractivity contribution < 1.29 is 0 Å². The Morgan fingerprint density at radius 3 is 1.62 bits per heavy atom. The first-order chi connectivity index (χ1) is 3.80. The van der Waals surface area contributed by atoms with Crippen molar-refractivity contribution >= 4 is 31.9 Å². The molecule has 0 amide bonds. The Labute approximate surface area is 65.7 Å². The van der Waals surface area contributed by atoms with Crippen LogP contribution in [0.15, 0.2) is 0 Å². The van der Waals surface area contributed by atoms with E-state index < -0.39 is 0 Å². The SMILES string of the molecule is BrC1NCCNC1Br. The van der Waals surface area contributed by atoms with Crippen LogP contribution in [0.2, 0.25) is 0 Å². The predicted molar refractivity (Wildman–Crippen MR) is 41.4 cm³/mol. The molecule has 8 heavy (non-hydrogen) atoms. The second-order valence-electron chi connectivity index (χ2n) is 1.71. The second kappa shape index (κ2) is 3.15. The molecule has 1 heterocycles. The summed E-state index contributed by atoms with van der Waals surface area (Å²) in [7, 11) is 0. The van der Waals surface area contributed by atoms with Crippen LogP contribution in [-0.4, -0.2) is 23.0 Å². The molecule has 2 atom stereocenters. The van der Waals surface area contributed by atoms with Gasteiger partial charge in [0.15, 0.2) is 0 Å². The molecular formula is C4H8Br2N2. The number of hydrogen-bond acceptors (Lipinski definition) is 2. The van der Waals surface area contributed by atoms with Gasteiger partial charge in [-0.1, -0.05) is 31.9 Å². The third-order valence-electron chi connectivity index (χ3n) is 1.06. The minimum absolute atomic E-state index is 0.372. The monoisotopic (exact) mass is 242 g/mol. The van der Waals surface area contributed by atoms with Gasteiger partial charge in [-0.2, -0.15) is 0 Å². The molecule has 0 saturated carbocycles. The lowest BCUT2D eigenvalue weighted by Gasteiger charge is -2.24. The molecule has 0 aromatic carbocycles. The van der Waals surface area contributed by atoms with E-state index in [9.17, 15) is 0 Å². The number of rotatable bonds is 0. The molecule has 48 valence electrons. The third-order valence-corrected chi connectivity index (χ3v) is 3.47. The topological polar surface area (TPSA) is 24.1 Å². The summed E-state index contributed by atoms with van der Waals surface area (Å²) in [5, 5.41) is 6.48. The van der Waals surface area contributed by atoms with Crippen LogP contribution in [0.1, 0.15) is 0 Å². The van der Waals surface area contributed by atoms with E-state index in [2.05, 4.69) is 42.5 Å². The van der Waals surface area contributed by atoms with Crippen LogP contribution >= 0.6 is 31.9 Å². The summed E-state index contributed by atoms with van der Waals surface area (Å²) in [5.74, 6) is 0. The second-order valence-corrected chi connectivity index (χ2v) is 3.68. The normalized spacial score (nSPS) is 39.8. The lowest BCUT2D eigenvalue weighted by molar-refractivity contribution is 0.491. The highest BCUT2D eigenvalue weighted by Crippen LogP contribution is 2.09. The standard InChI is InChI=1S/C4H8Br2N2/c5-3-4(6)8-2-1-7-3/h3-4,7-8H,1-2H2. The Balaban J connectivity index is 2.28. The molecule has 0 aromatic rings. The van der Waals surface area contributed by atoms with Gasteiger partial charge in [0, 0.05) is 13.1 Å². The zero-order chi connectivity index (χ0) is 5.98. The van der Waals surface area contributed by atoms with Gasteiger partial charge in [0.2, 0.25) is 0 Å². The summed E-state index contributed by atoms with van der Waals surface area (Å²) >= 11 is 6.87. The van der Waals surface area contributed by atoms with Crippen molar-refractivity contribution in [3.8, 4) is 0 Å². The van der Waals surface area contributed by atoms with Crippen LogP contribution in [0.3, 0.4) is 0 Å². The van der Waals surface area contributed by atoms with E-state index in [1.54, 1.807) is 0 Å². The van der Waals surface area contributed by atoms with Crippen molar-refractivity contribution in [2.45, 2.75) is 9.90 Å². The number of hydrogen-bond donors (Lipinski definition) is 2. The van der Waals surface area contributed by atoms with E-state index >= 15 is 0 Å². The molecule has 2 N–H and O–H groups in total. The van der Waals surface area contributed by atoms with E-state index in [1.807, 2.05) is 0 Å². The summed E-state index contributed by atoms with van der Waals surface area (Å²) in [6.07, 6.45) is 0. The van der Waals surface area contributed by atoms with Crippen LogP contribution in [0.25, 0.3) is 0 Å². The lowest BCUT2D eigenvalue weighted by Crippen LogP contribution is -2.49. The Bertz CT molecular complexity index is 68.4. The molecule has 2 unspecified atom stereocenters. The van der Waals surface area contributed by atoms with Crippen LogP contribution in [0, 0.1) is 0 Å². The molecular weight excluding hydrogens is 236 g/mol. The molecule has 2 nitrogen and oxygen atoms in total. The summed E-state index contributed by atoms with van der Waals surface area (Å²) < 4.78 is 0. The smallest absolute Gasteiger partial charge is 0.0887 e. The van der Waals surface area contributed by atoms with Crippen molar-refractivity contribution in [3.63, 3.8) is 0 Å². The predicted octanol–water partition coefficient (Wildman–Crippen LogP) is 0.621. The lowest BCUT2D eigenvalue weighted by atomic mass is 10.4. The third kappa shape index (κ3) is 1.69. The van der Waals surface area contributed by atoms with Gasteiger partial charge in [-0.25, -0.2) is 0 Å². The van der Waals surface area contributed by atoms with Gasteiger partial charge >= 0.3 is 0 Å². The maximum atomic E-state index is 3.43. The summed E-state index contributed by atoms with van der Waals surface area (Å²) in [5.41, 5.74) is 0. The maximum Gasteiger partial charge on any atom is 0.0887 e. The number of halogens is 2. The average molecular weight is 244 g/mol. The summed E-state index contributed by atoms with van der Waals surface area (Å²) in [6, 6.07) is 0. The van der Waals surface area contributed by atoms with Crippen molar-refractivity contribution in [2.75, 3.05) is 13.1 Å². The first-order valence-electron chi connectivity index (χ1n) is 2.55. The quantitative estimate of drug-likeness (QED) is 0.482. The molecule has 0 bridgehead atoms. The molecule has 0 aliphatic carbocycles. The van der Waals surface area contributed by atoms with Crippen LogP contribution in [0.5, 0.6) is 0 Å². The fourth-order valence-electron chi connectivity index (χ4n) is 0.627. The first-order valence-corrected chi connectivity index (χ1v) is 4.39. The van der Waals surface area contributed by atoms with Crippen molar-refractivity contribution in [1.82, 2.24) is 10.6 Å². The van der Waals surface area contributed by atoms with Crippen molar-refractivity contribution in [3.05, 3.63) is 0 Å². The summed E-state index contributed by atoms with van der Waals surface area (Å²) in [6.45, 7) is 2.08. The molecule has 4 heteroatoms. The number of piperazine rings is 1. The van der Waals surface area contributed by atoms with Crippen molar-refractivity contribution in [1.29, 1.82) is 0 Å². The Hall–Kier alpha value is 0.880. The van der Waals surface area contributed by atoms with E-state index in [4.69, 9.17) is 0 Å². The van der Waals surface area contributed by atoms with E-state index in [-0.39, 0.29) is 0 Å². The average Bonchev–Trinajstić information content (AvgIpc) is 1.77. The fraction of sp³-hybridized carbons (Fsp3) is 1.00. The van der Waals surface area contributed by atoms with Gasteiger partial charge in [0.05, 0.1) is 9.90 Å². The molecule has 1 aliphatic rings. The maximum absolute atomic E-state index is 3.43. The largest absolute Gasteiger partial charge is 0.302 e.